The van der Waals surface area contributed by atoms with E-state index < -0.39 is 23.0 Å². The molecule has 0 spiro atoms. The van der Waals surface area contributed by atoms with Crippen molar-refractivity contribution in [1.82, 2.24) is 5.32 Å². The van der Waals surface area contributed by atoms with Crippen molar-refractivity contribution in [1.29, 1.82) is 0 Å². The van der Waals surface area contributed by atoms with Crippen LogP contribution >= 0.6 is 0 Å². The van der Waals surface area contributed by atoms with E-state index in [9.17, 15) is 13.6 Å². The van der Waals surface area contributed by atoms with Gasteiger partial charge in [0.05, 0.1) is 6.54 Å². The minimum Gasteiger partial charge on any atom is -0.486 e. The van der Waals surface area contributed by atoms with Crippen LogP contribution in [0.15, 0.2) is 6.07 Å². The summed E-state index contributed by atoms with van der Waals surface area (Å²) >= 11 is 0. The lowest BCUT2D eigenvalue weighted by molar-refractivity contribution is 0.0975. The minimum absolute atomic E-state index is 0.0181. The second kappa shape index (κ2) is 4.67. The van der Waals surface area contributed by atoms with Crippen molar-refractivity contribution < 1.29 is 23.0 Å². The van der Waals surface area contributed by atoms with Crippen LogP contribution in [0.1, 0.15) is 10.4 Å². The van der Waals surface area contributed by atoms with Gasteiger partial charge >= 0.3 is 0 Å². The van der Waals surface area contributed by atoms with Crippen molar-refractivity contribution in [2.75, 3.05) is 26.8 Å². The SMILES string of the molecule is CNCC(=O)c1c(F)c(F)cc2c1OCCO2. The van der Waals surface area contributed by atoms with Crippen LogP contribution in [-0.2, 0) is 0 Å². The number of benzene rings is 1. The minimum atomic E-state index is -1.20. The fourth-order valence-electron chi connectivity index (χ4n) is 1.63. The van der Waals surface area contributed by atoms with Crippen molar-refractivity contribution in [2.45, 2.75) is 0 Å². The van der Waals surface area contributed by atoms with Gasteiger partial charge in [-0.2, -0.15) is 0 Å². The predicted molar refractivity (Wildman–Crippen MR) is 55.6 cm³/mol. The third-order valence-corrected chi connectivity index (χ3v) is 2.34. The first-order valence-electron chi connectivity index (χ1n) is 5.10. The summed E-state index contributed by atoms with van der Waals surface area (Å²) in [5, 5.41) is 2.58. The summed E-state index contributed by atoms with van der Waals surface area (Å²) in [5.41, 5.74) is -0.394. The number of rotatable bonds is 3. The highest BCUT2D eigenvalue weighted by molar-refractivity contribution is 6.01. The van der Waals surface area contributed by atoms with Gasteiger partial charge in [0, 0.05) is 6.07 Å². The van der Waals surface area contributed by atoms with E-state index in [0.717, 1.165) is 6.07 Å². The van der Waals surface area contributed by atoms with Crippen molar-refractivity contribution >= 4 is 5.78 Å². The molecule has 0 radical (unpaired) electrons. The van der Waals surface area contributed by atoms with Gasteiger partial charge in [0.15, 0.2) is 28.9 Å². The van der Waals surface area contributed by atoms with Crippen LogP contribution in [0.4, 0.5) is 8.78 Å². The molecule has 0 saturated carbocycles. The van der Waals surface area contributed by atoms with Crippen LogP contribution in [0.5, 0.6) is 11.5 Å². The number of carbonyl (C=O) groups excluding carboxylic acids is 1. The highest BCUT2D eigenvalue weighted by Crippen LogP contribution is 2.37. The number of ketones is 1. The van der Waals surface area contributed by atoms with Gasteiger partial charge in [0.2, 0.25) is 0 Å². The van der Waals surface area contributed by atoms with Crippen molar-refractivity contribution in [3.63, 3.8) is 0 Å². The van der Waals surface area contributed by atoms with Gasteiger partial charge in [-0.1, -0.05) is 0 Å². The first-order chi connectivity index (χ1) is 8.15. The molecule has 1 heterocycles. The number of carbonyl (C=O) groups is 1. The number of nitrogens with one attached hydrogen (secondary N) is 1. The van der Waals surface area contributed by atoms with Gasteiger partial charge in [-0.05, 0) is 7.05 Å². The molecule has 92 valence electrons. The molecule has 17 heavy (non-hydrogen) atoms. The van der Waals surface area contributed by atoms with Crippen LogP contribution < -0.4 is 14.8 Å². The van der Waals surface area contributed by atoms with Crippen LogP contribution in [0.2, 0.25) is 0 Å². The molecule has 6 heteroatoms. The van der Waals surface area contributed by atoms with Gasteiger partial charge in [-0.15, -0.1) is 0 Å². The topological polar surface area (TPSA) is 47.6 Å². The maximum atomic E-state index is 13.6. The quantitative estimate of drug-likeness (QED) is 0.809. The lowest BCUT2D eigenvalue weighted by atomic mass is 10.1. The van der Waals surface area contributed by atoms with E-state index in [4.69, 9.17) is 9.47 Å². The van der Waals surface area contributed by atoms with Crippen molar-refractivity contribution in [2.24, 2.45) is 0 Å². The summed E-state index contributed by atoms with van der Waals surface area (Å²) < 4.78 is 37.2. The molecule has 0 amide bonds. The summed E-state index contributed by atoms with van der Waals surface area (Å²) in [5.74, 6) is -2.85. The molecule has 1 aliphatic heterocycles. The number of halogens is 2. The smallest absolute Gasteiger partial charge is 0.183 e. The number of Topliss-reactive ketones (excluding diaryl/α,β-unsaturated/α-hetero) is 1. The van der Waals surface area contributed by atoms with Crippen LogP contribution in [-0.4, -0.2) is 32.6 Å². The Labute approximate surface area is 96.5 Å². The number of hydrogen-bond donors (Lipinski definition) is 1. The summed E-state index contributed by atoms with van der Waals surface area (Å²) in [6.07, 6.45) is 0. The maximum Gasteiger partial charge on any atom is 0.183 e. The number of ether oxygens (including phenoxy) is 2. The summed E-state index contributed by atoms with van der Waals surface area (Å²) in [7, 11) is 1.54. The summed E-state index contributed by atoms with van der Waals surface area (Å²) in [6, 6.07) is 0.889. The Bertz CT molecular complexity index is 463. The molecule has 0 unspecified atom stereocenters. The summed E-state index contributed by atoms with van der Waals surface area (Å²) in [4.78, 5) is 11.7. The molecule has 1 aromatic rings. The molecule has 1 N–H and O–H groups in total. The standard InChI is InChI=1S/C11H11F2NO3/c1-14-5-7(15)9-10(13)6(12)4-8-11(9)17-3-2-16-8/h4,14H,2-3,5H2,1H3. The lowest BCUT2D eigenvalue weighted by Crippen LogP contribution is -2.24. The van der Waals surface area contributed by atoms with E-state index >= 15 is 0 Å². The highest BCUT2D eigenvalue weighted by Gasteiger charge is 2.27. The molecule has 0 atom stereocenters. The molecule has 2 rings (SSSR count). The van der Waals surface area contributed by atoms with E-state index in [1.54, 1.807) is 7.05 Å². The molecule has 0 saturated heterocycles. The Balaban J connectivity index is 2.54. The maximum absolute atomic E-state index is 13.6. The lowest BCUT2D eigenvalue weighted by Gasteiger charge is -2.21. The first kappa shape index (κ1) is 11.8. The molecule has 4 nitrogen and oxygen atoms in total. The molecular weight excluding hydrogens is 232 g/mol. The number of fused-ring (bicyclic) bond motifs is 1. The second-order valence-corrected chi connectivity index (χ2v) is 3.53. The van der Waals surface area contributed by atoms with Crippen LogP contribution in [0.25, 0.3) is 0 Å². The van der Waals surface area contributed by atoms with E-state index in [1.165, 1.54) is 0 Å². The van der Waals surface area contributed by atoms with E-state index in [1.807, 2.05) is 0 Å². The molecule has 0 fully saturated rings. The monoisotopic (exact) mass is 243 g/mol. The fraction of sp³-hybridized carbons (Fsp3) is 0.364. The zero-order valence-electron chi connectivity index (χ0n) is 9.18. The zero-order chi connectivity index (χ0) is 12.4. The van der Waals surface area contributed by atoms with Crippen LogP contribution in [0.3, 0.4) is 0 Å². The Hall–Kier alpha value is -1.69. The Morgan fingerprint density at radius 3 is 2.82 bits per heavy atom. The van der Waals surface area contributed by atoms with Gasteiger partial charge in [0.25, 0.3) is 0 Å². The van der Waals surface area contributed by atoms with E-state index in [-0.39, 0.29) is 31.3 Å². The van der Waals surface area contributed by atoms with Gasteiger partial charge in [-0.3, -0.25) is 4.79 Å². The van der Waals surface area contributed by atoms with Crippen LogP contribution in [0, 0.1) is 11.6 Å². The largest absolute Gasteiger partial charge is 0.486 e. The molecule has 0 aliphatic carbocycles. The van der Waals surface area contributed by atoms with E-state index in [0.29, 0.717) is 0 Å². The molecule has 1 aromatic carbocycles. The number of likely N-dealkylation sites (N-methyl/N-ethyl adjacent to an activating group) is 1. The highest BCUT2D eigenvalue weighted by atomic mass is 19.2. The van der Waals surface area contributed by atoms with Gasteiger partial charge in [-0.25, -0.2) is 8.78 Å². The second-order valence-electron chi connectivity index (χ2n) is 3.53. The molecule has 0 bridgehead atoms. The average Bonchev–Trinajstić information content (AvgIpc) is 2.31. The Kier molecular flexibility index (Phi) is 3.23. The van der Waals surface area contributed by atoms with Crippen molar-refractivity contribution in [3.8, 4) is 11.5 Å². The predicted octanol–water partition coefficient (Wildman–Crippen LogP) is 1.14. The van der Waals surface area contributed by atoms with Gasteiger partial charge in [0.1, 0.15) is 18.8 Å². The first-order valence-corrected chi connectivity index (χ1v) is 5.10. The fourth-order valence-corrected chi connectivity index (χ4v) is 1.63. The third-order valence-electron chi connectivity index (χ3n) is 2.34. The summed E-state index contributed by atoms with van der Waals surface area (Å²) in [6.45, 7) is 0.353. The normalized spacial score (nSPS) is 13.6. The zero-order valence-corrected chi connectivity index (χ0v) is 9.18. The number of hydrogen-bond acceptors (Lipinski definition) is 4. The Morgan fingerprint density at radius 1 is 1.41 bits per heavy atom. The average molecular weight is 243 g/mol. The van der Waals surface area contributed by atoms with E-state index in [2.05, 4.69) is 5.32 Å². The third kappa shape index (κ3) is 2.08. The molecule has 1 aliphatic rings. The Morgan fingerprint density at radius 2 is 2.12 bits per heavy atom. The van der Waals surface area contributed by atoms with Crippen molar-refractivity contribution in [3.05, 3.63) is 23.3 Å². The van der Waals surface area contributed by atoms with Gasteiger partial charge < -0.3 is 14.8 Å². The molecule has 0 aromatic heterocycles. The molecular formula is C11H11F2NO3.